The maximum atomic E-state index is 2.82. The van der Waals surface area contributed by atoms with Crippen molar-refractivity contribution < 1.29 is 0 Å². The van der Waals surface area contributed by atoms with Gasteiger partial charge in [0.25, 0.3) is 0 Å². The summed E-state index contributed by atoms with van der Waals surface area (Å²) >= 11 is 0. The van der Waals surface area contributed by atoms with Crippen LogP contribution in [0.1, 0.15) is 32.1 Å². The molecule has 0 nitrogen and oxygen atoms in total. The molecule has 0 bridgehead atoms. The van der Waals surface area contributed by atoms with Crippen molar-refractivity contribution in [2.75, 3.05) is 0 Å². The van der Waals surface area contributed by atoms with Gasteiger partial charge in [-0.3, -0.25) is 0 Å². The molecule has 1 fully saturated rings. The first-order valence-corrected chi connectivity index (χ1v) is 3.57. The molecule has 1 heteroatoms. The van der Waals surface area contributed by atoms with Gasteiger partial charge in [0.2, 0.25) is 0 Å². The molecule has 1 aliphatic rings. The SMILES string of the molecule is P[C]1CCCCC1. The second-order valence-electron chi connectivity index (χ2n) is 2.22. The van der Waals surface area contributed by atoms with E-state index in [1.807, 2.05) is 0 Å². The molecule has 0 saturated heterocycles. The Labute approximate surface area is 47.9 Å². The lowest BCUT2D eigenvalue weighted by Gasteiger charge is -2.14. The molecule has 0 heterocycles. The molecule has 0 N–H and O–H groups in total. The zero-order valence-electron chi connectivity index (χ0n) is 4.61. The van der Waals surface area contributed by atoms with Crippen LogP contribution in [0.25, 0.3) is 0 Å². The molecule has 1 radical (unpaired) electrons. The molecule has 0 aromatic carbocycles. The van der Waals surface area contributed by atoms with Gasteiger partial charge in [0.1, 0.15) is 0 Å². The monoisotopic (exact) mass is 115 g/mol. The molecule has 7 heavy (non-hydrogen) atoms. The van der Waals surface area contributed by atoms with E-state index >= 15 is 0 Å². The van der Waals surface area contributed by atoms with Gasteiger partial charge in [0.05, 0.1) is 0 Å². The zero-order valence-corrected chi connectivity index (χ0v) is 5.77. The number of hydrogen-bond donors (Lipinski definition) is 0. The highest BCUT2D eigenvalue weighted by atomic mass is 31.0. The zero-order chi connectivity index (χ0) is 5.11. The van der Waals surface area contributed by atoms with E-state index in [0.29, 0.717) is 0 Å². The average Bonchev–Trinajstić information content (AvgIpc) is 1.69. The van der Waals surface area contributed by atoms with Crippen molar-refractivity contribution in [3.8, 4) is 0 Å². The van der Waals surface area contributed by atoms with Crippen LogP contribution in [0, 0.1) is 5.66 Å². The summed E-state index contributed by atoms with van der Waals surface area (Å²) in [5.41, 5.74) is 1.63. The molecule has 1 aliphatic carbocycles. The third-order valence-corrected chi connectivity index (χ3v) is 2.07. The molecule has 1 atom stereocenters. The lowest BCUT2D eigenvalue weighted by molar-refractivity contribution is 0.579. The summed E-state index contributed by atoms with van der Waals surface area (Å²) in [6.07, 6.45) is 7.05. The van der Waals surface area contributed by atoms with Crippen LogP contribution < -0.4 is 0 Å². The Bertz CT molecular complexity index is 46.1. The normalized spacial score (nSPS) is 25.3. The largest absolute Gasteiger partial charge is 0.130 e. The van der Waals surface area contributed by atoms with Crippen molar-refractivity contribution in [1.29, 1.82) is 0 Å². The Morgan fingerprint density at radius 1 is 1.00 bits per heavy atom. The molecule has 1 saturated carbocycles. The molecule has 0 aromatic heterocycles. The molecule has 0 aromatic rings. The predicted molar refractivity (Wildman–Crippen MR) is 36.0 cm³/mol. The minimum atomic E-state index is 1.37. The van der Waals surface area contributed by atoms with Crippen LogP contribution in [0.3, 0.4) is 0 Å². The topological polar surface area (TPSA) is 0 Å². The van der Waals surface area contributed by atoms with E-state index in [1.165, 1.54) is 32.1 Å². The van der Waals surface area contributed by atoms with Crippen LogP contribution in [-0.2, 0) is 0 Å². The van der Waals surface area contributed by atoms with Crippen LogP contribution in [0.5, 0.6) is 0 Å². The highest BCUT2D eigenvalue weighted by Crippen LogP contribution is 2.29. The van der Waals surface area contributed by atoms with E-state index in [4.69, 9.17) is 0 Å². The van der Waals surface area contributed by atoms with Crippen molar-refractivity contribution in [1.82, 2.24) is 0 Å². The number of hydrogen-bond acceptors (Lipinski definition) is 0. The molecule has 1 rings (SSSR count). The third kappa shape index (κ3) is 1.78. The highest BCUT2D eigenvalue weighted by Gasteiger charge is 2.06. The average molecular weight is 115 g/mol. The van der Waals surface area contributed by atoms with Gasteiger partial charge in [-0.05, 0) is 18.5 Å². The fourth-order valence-electron chi connectivity index (χ4n) is 1.01. The van der Waals surface area contributed by atoms with E-state index in [1.54, 1.807) is 5.66 Å². The standard InChI is InChI=1S/C6H12P/c7-6-4-2-1-3-5-6/h1-5,7H2. The van der Waals surface area contributed by atoms with Gasteiger partial charge in [0, 0.05) is 0 Å². The molecular weight excluding hydrogens is 103 g/mol. The lowest BCUT2D eigenvalue weighted by atomic mass is 10.0. The lowest BCUT2D eigenvalue weighted by Crippen LogP contribution is -1.94. The summed E-state index contributed by atoms with van der Waals surface area (Å²) in [5.74, 6) is 0. The van der Waals surface area contributed by atoms with Gasteiger partial charge in [-0.15, -0.1) is 9.24 Å². The van der Waals surface area contributed by atoms with Crippen molar-refractivity contribution in [3.05, 3.63) is 5.66 Å². The Morgan fingerprint density at radius 3 is 1.86 bits per heavy atom. The van der Waals surface area contributed by atoms with Gasteiger partial charge in [0.15, 0.2) is 0 Å². The first kappa shape index (κ1) is 5.56. The third-order valence-electron chi connectivity index (χ3n) is 1.50. The van der Waals surface area contributed by atoms with E-state index in [2.05, 4.69) is 9.24 Å². The summed E-state index contributed by atoms with van der Waals surface area (Å²) in [6, 6.07) is 0. The van der Waals surface area contributed by atoms with Crippen molar-refractivity contribution in [2.45, 2.75) is 32.1 Å². The predicted octanol–water partition coefficient (Wildman–Crippen LogP) is 2.36. The summed E-state index contributed by atoms with van der Waals surface area (Å²) in [7, 11) is 2.82. The fraction of sp³-hybridized carbons (Fsp3) is 0.833. The van der Waals surface area contributed by atoms with Gasteiger partial charge < -0.3 is 0 Å². The van der Waals surface area contributed by atoms with Crippen LogP contribution >= 0.6 is 9.24 Å². The Balaban J connectivity index is 2.12. The summed E-state index contributed by atoms with van der Waals surface area (Å²) in [5, 5.41) is 0. The highest BCUT2D eigenvalue weighted by molar-refractivity contribution is 7.20. The Morgan fingerprint density at radius 2 is 1.57 bits per heavy atom. The molecule has 0 spiro atoms. The van der Waals surface area contributed by atoms with E-state index < -0.39 is 0 Å². The van der Waals surface area contributed by atoms with E-state index in [-0.39, 0.29) is 0 Å². The van der Waals surface area contributed by atoms with Crippen molar-refractivity contribution in [3.63, 3.8) is 0 Å². The first-order valence-electron chi connectivity index (χ1n) is 3.00. The van der Waals surface area contributed by atoms with Crippen LogP contribution in [-0.4, -0.2) is 0 Å². The van der Waals surface area contributed by atoms with Crippen LogP contribution in [0.4, 0.5) is 0 Å². The van der Waals surface area contributed by atoms with E-state index in [0.717, 1.165) is 0 Å². The summed E-state index contributed by atoms with van der Waals surface area (Å²) in [4.78, 5) is 0. The molecular formula is C6H12P. The first-order chi connectivity index (χ1) is 3.39. The van der Waals surface area contributed by atoms with Gasteiger partial charge >= 0.3 is 0 Å². The Kier molecular flexibility index (Phi) is 2.12. The molecule has 0 amide bonds. The van der Waals surface area contributed by atoms with Gasteiger partial charge in [-0.2, -0.15) is 0 Å². The minimum Gasteiger partial charge on any atom is -0.130 e. The summed E-state index contributed by atoms with van der Waals surface area (Å²) < 4.78 is 0. The molecule has 0 aliphatic heterocycles. The molecule has 1 unspecified atom stereocenters. The maximum Gasteiger partial charge on any atom is -0.00597 e. The quantitative estimate of drug-likeness (QED) is 0.425. The minimum absolute atomic E-state index is 1.37. The Hall–Kier alpha value is 0.430. The second kappa shape index (κ2) is 2.67. The van der Waals surface area contributed by atoms with Gasteiger partial charge in [-0.25, -0.2) is 0 Å². The van der Waals surface area contributed by atoms with E-state index in [9.17, 15) is 0 Å². The second-order valence-corrected chi connectivity index (χ2v) is 3.04. The van der Waals surface area contributed by atoms with Crippen molar-refractivity contribution in [2.24, 2.45) is 0 Å². The maximum absolute atomic E-state index is 2.82. The van der Waals surface area contributed by atoms with Gasteiger partial charge in [-0.1, -0.05) is 19.3 Å². The van der Waals surface area contributed by atoms with Crippen LogP contribution in [0.15, 0.2) is 0 Å². The van der Waals surface area contributed by atoms with Crippen LogP contribution in [0.2, 0.25) is 0 Å². The van der Waals surface area contributed by atoms with Crippen molar-refractivity contribution >= 4 is 9.24 Å². The number of rotatable bonds is 0. The fourth-order valence-corrected chi connectivity index (χ4v) is 1.41. The summed E-state index contributed by atoms with van der Waals surface area (Å²) in [6.45, 7) is 0. The smallest absolute Gasteiger partial charge is 0.00597 e. The molecule has 41 valence electrons.